The fraction of sp³-hybridized carbons (Fsp3) is 0.423. The van der Waals surface area contributed by atoms with Crippen molar-refractivity contribution in [2.45, 2.75) is 59.3 Å². The van der Waals surface area contributed by atoms with E-state index in [4.69, 9.17) is 0 Å². The van der Waals surface area contributed by atoms with Crippen LogP contribution >= 0.6 is 0 Å². The molecule has 1 fully saturated rings. The van der Waals surface area contributed by atoms with Gasteiger partial charge >= 0.3 is 0 Å². The highest BCUT2D eigenvalue weighted by Gasteiger charge is 2.44. The van der Waals surface area contributed by atoms with Crippen molar-refractivity contribution in [3.05, 3.63) is 64.2 Å². The molecule has 0 unspecified atom stereocenters. The Morgan fingerprint density at radius 3 is 2.37 bits per heavy atom. The van der Waals surface area contributed by atoms with Crippen molar-refractivity contribution < 1.29 is 4.57 Å². The molecule has 1 saturated carbocycles. The summed E-state index contributed by atoms with van der Waals surface area (Å²) in [6.45, 7) is 6.78. The van der Waals surface area contributed by atoms with E-state index in [0.29, 0.717) is 5.41 Å². The van der Waals surface area contributed by atoms with Gasteiger partial charge in [-0.1, -0.05) is 36.6 Å². The number of benzene rings is 2. The number of rotatable bonds is 1. The summed E-state index contributed by atoms with van der Waals surface area (Å²) in [5.74, 6) is 0. The van der Waals surface area contributed by atoms with Gasteiger partial charge in [0.1, 0.15) is 7.05 Å². The third kappa shape index (κ3) is 2.47. The Balaban J connectivity index is 1.86. The smallest absolute Gasteiger partial charge is 0.194 e. The lowest BCUT2D eigenvalue weighted by Crippen LogP contribution is -2.34. The van der Waals surface area contributed by atoms with Gasteiger partial charge in [-0.2, -0.15) is 4.57 Å². The maximum absolute atomic E-state index is 2.48. The van der Waals surface area contributed by atoms with Crippen LogP contribution in [0.15, 0.2) is 36.4 Å². The zero-order valence-electron chi connectivity index (χ0n) is 17.2. The summed E-state index contributed by atoms with van der Waals surface area (Å²) in [6.07, 6.45) is 8.19. The van der Waals surface area contributed by atoms with Gasteiger partial charge < -0.3 is 0 Å². The SMILES string of the molecule is Cc1cc(C)c(C)c(-c2c3c(c4ccccc4[n+]2C)CC2(CCCC2)C3)c1. The number of hydrogen-bond donors (Lipinski definition) is 0. The summed E-state index contributed by atoms with van der Waals surface area (Å²) < 4.78 is 2.48. The highest BCUT2D eigenvalue weighted by Crippen LogP contribution is 2.51. The molecule has 0 N–H and O–H groups in total. The Morgan fingerprint density at radius 2 is 1.59 bits per heavy atom. The highest BCUT2D eigenvalue weighted by atomic mass is 14.9. The van der Waals surface area contributed by atoms with Crippen molar-refractivity contribution in [3.8, 4) is 11.3 Å². The van der Waals surface area contributed by atoms with E-state index in [9.17, 15) is 0 Å². The van der Waals surface area contributed by atoms with Gasteiger partial charge in [0.2, 0.25) is 11.2 Å². The van der Waals surface area contributed by atoms with Gasteiger partial charge in [-0.15, -0.1) is 0 Å². The summed E-state index contributed by atoms with van der Waals surface area (Å²) in [6, 6.07) is 13.8. The monoisotopic (exact) mass is 356 g/mol. The molecule has 1 aromatic heterocycles. The second-order valence-corrected chi connectivity index (χ2v) is 9.20. The van der Waals surface area contributed by atoms with E-state index in [2.05, 4.69) is 68.8 Å². The molecule has 0 aliphatic heterocycles. The molecule has 1 heteroatoms. The first-order chi connectivity index (χ1) is 13.0. The highest BCUT2D eigenvalue weighted by molar-refractivity contribution is 5.85. The number of nitrogens with zero attached hydrogens (tertiary/aromatic N) is 1. The van der Waals surface area contributed by atoms with Crippen LogP contribution in [0, 0.1) is 26.2 Å². The summed E-state index contributed by atoms with van der Waals surface area (Å²) in [7, 11) is 2.27. The zero-order valence-corrected chi connectivity index (χ0v) is 17.2. The number of aromatic nitrogens is 1. The molecule has 2 aliphatic carbocycles. The molecule has 0 radical (unpaired) electrons. The van der Waals surface area contributed by atoms with Crippen LogP contribution in [0.5, 0.6) is 0 Å². The van der Waals surface area contributed by atoms with E-state index in [1.54, 1.807) is 11.1 Å². The molecule has 2 aliphatic rings. The van der Waals surface area contributed by atoms with Crippen molar-refractivity contribution in [3.63, 3.8) is 0 Å². The second-order valence-electron chi connectivity index (χ2n) is 9.20. The van der Waals surface area contributed by atoms with Crippen molar-refractivity contribution in [1.29, 1.82) is 0 Å². The van der Waals surface area contributed by atoms with Crippen LogP contribution in [0.2, 0.25) is 0 Å². The molecule has 5 rings (SSSR count). The molecule has 1 nitrogen and oxygen atoms in total. The Labute approximate surface area is 163 Å². The van der Waals surface area contributed by atoms with E-state index in [1.165, 1.54) is 77.4 Å². The molecular formula is C26H30N+. The molecule has 1 spiro atoms. The molecule has 0 amide bonds. The molecule has 2 aromatic carbocycles. The van der Waals surface area contributed by atoms with Crippen molar-refractivity contribution in [2.24, 2.45) is 12.5 Å². The van der Waals surface area contributed by atoms with Crippen molar-refractivity contribution in [2.75, 3.05) is 0 Å². The number of fused-ring (bicyclic) bond motifs is 3. The van der Waals surface area contributed by atoms with E-state index < -0.39 is 0 Å². The molecule has 1 heterocycles. The average Bonchev–Trinajstić information content (AvgIpc) is 3.26. The third-order valence-electron chi connectivity index (χ3n) is 7.41. The lowest BCUT2D eigenvalue weighted by molar-refractivity contribution is -0.634. The summed E-state index contributed by atoms with van der Waals surface area (Å²) in [4.78, 5) is 0. The largest absolute Gasteiger partial charge is 0.216 e. The van der Waals surface area contributed by atoms with Gasteiger partial charge in [0.25, 0.3) is 0 Å². The molecular weight excluding hydrogens is 326 g/mol. The van der Waals surface area contributed by atoms with Crippen LogP contribution in [0.25, 0.3) is 22.2 Å². The Bertz CT molecular complexity index is 1070. The zero-order chi connectivity index (χ0) is 18.8. The van der Waals surface area contributed by atoms with E-state index in [1.807, 2.05) is 0 Å². The molecule has 138 valence electrons. The minimum atomic E-state index is 0.529. The number of pyridine rings is 1. The molecule has 3 aromatic rings. The van der Waals surface area contributed by atoms with Gasteiger partial charge in [0.05, 0.1) is 0 Å². The van der Waals surface area contributed by atoms with Gasteiger partial charge in [0.15, 0.2) is 0 Å². The summed E-state index contributed by atoms with van der Waals surface area (Å²) in [5, 5.41) is 1.48. The maximum Gasteiger partial charge on any atom is 0.216 e. The lowest BCUT2D eigenvalue weighted by Gasteiger charge is -2.21. The van der Waals surface area contributed by atoms with Gasteiger partial charge in [-0.25, -0.2) is 0 Å². The first-order valence-corrected chi connectivity index (χ1v) is 10.5. The van der Waals surface area contributed by atoms with Crippen LogP contribution in [0.1, 0.15) is 53.5 Å². The van der Waals surface area contributed by atoms with Gasteiger partial charge in [0, 0.05) is 22.6 Å². The number of para-hydroxylation sites is 1. The van der Waals surface area contributed by atoms with E-state index in [-0.39, 0.29) is 0 Å². The first-order valence-electron chi connectivity index (χ1n) is 10.5. The Hall–Kier alpha value is -2.15. The Morgan fingerprint density at radius 1 is 0.889 bits per heavy atom. The first kappa shape index (κ1) is 17.0. The quantitative estimate of drug-likeness (QED) is 0.477. The lowest BCUT2D eigenvalue weighted by atomic mass is 9.83. The van der Waals surface area contributed by atoms with Crippen molar-refractivity contribution in [1.82, 2.24) is 0 Å². The standard InChI is InChI=1S/C26H30N/c1-17-13-18(2)19(3)21(14-17)25-23-16-26(11-7-8-12-26)15-22(23)20-9-5-6-10-24(20)27(25)4/h5-6,9-10,13-14H,7-8,11-12,15-16H2,1-4H3/q+1. The van der Waals surface area contributed by atoms with Crippen molar-refractivity contribution >= 4 is 10.9 Å². The molecule has 0 atom stereocenters. The van der Waals surface area contributed by atoms with Crippen LogP contribution in [-0.4, -0.2) is 0 Å². The number of hydrogen-bond acceptors (Lipinski definition) is 0. The third-order valence-corrected chi connectivity index (χ3v) is 7.41. The summed E-state index contributed by atoms with van der Waals surface area (Å²) in [5.41, 5.74) is 12.3. The predicted octanol–water partition coefficient (Wildman–Crippen LogP) is 5.92. The van der Waals surface area contributed by atoms with Crippen LogP contribution in [0.4, 0.5) is 0 Å². The van der Waals surface area contributed by atoms with E-state index in [0.717, 1.165) is 0 Å². The maximum atomic E-state index is 2.48. The molecule has 27 heavy (non-hydrogen) atoms. The van der Waals surface area contributed by atoms with E-state index >= 15 is 0 Å². The minimum absolute atomic E-state index is 0.529. The van der Waals surface area contributed by atoms with Crippen LogP contribution < -0.4 is 4.57 Å². The van der Waals surface area contributed by atoms with Gasteiger partial charge in [-0.05, 0) is 80.7 Å². The number of aryl methyl sites for hydroxylation is 3. The Kier molecular flexibility index (Phi) is 3.73. The van der Waals surface area contributed by atoms with Crippen LogP contribution in [-0.2, 0) is 19.9 Å². The van der Waals surface area contributed by atoms with Crippen LogP contribution in [0.3, 0.4) is 0 Å². The minimum Gasteiger partial charge on any atom is -0.194 e. The second kappa shape index (κ2) is 5.92. The molecule has 0 bridgehead atoms. The normalized spacial score (nSPS) is 17.8. The average molecular weight is 357 g/mol. The molecule has 0 saturated heterocycles. The van der Waals surface area contributed by atoms with Gasteiger partial charge in [-0.3, -0.25) is 0 Å². The summed E-state index contributed by atoms with van der Waals surface area (Å²) >= 11 is 0. The predicted molar refractivity (Wildman–Crippen MR) is 113 cm³/mol. The topological polar surface area (TPSA) is 3.88 Å². The fourth-order valence-electron chi connectivity index (χ4n) is 5.96. The fourth-order valence-corrected chi connectivity index (χ4v) is 5.96.